The molecule has 0 bridgehead atoms. The summed E-state index contributed by atoms with van der Waals surface area (Å²) in [6, 6.07) is 3.99. The lowest BCUT2D eigenvalue weighted by molar-refractivity contribution is 0.879. The molecule has 0 aliphatic heterocycles. The van der Waals surface area contributed by atoms with E-state index in [1.807, 2.05) is 24.9 Å². The van der Waals surface area contributed by atoms with Crippen LogP contribution in [0.15, 0.2) is 12.3 Å². The van der Waals surface area contributed by atoms with Gasteiger partial charge in [0.1, 0.15) is 5.82 Å². The van der Waals surface area contributed by atoms with Crippen molar-refractivity contribution in [2.45, 2.75) is 13.3 Å². The quantitative estimate of drug-likeness (QED) is 0.780. The highest BCUT2D eigenvalue weighted by atomic mass is 15.2. The molecule has 74 valence electrons. The normalized spacial score (nSPS) is 9.50. The van der Waals surface area contributed by atoms with Crippen LogP contribution in [0.5, 0.6) is 0 Å². The Morgan fingerprint density at radius 1 is 1.64 bits per heavy atom. The summed E-state index contributed by atoms with van der Waals surface area (Å²) in [6.07, 6.45) is 2.13. The molecule has 4 nitrogen and oxygen atoms in total. The van der Waals surface area contributed by atoms with Crippen LogP contribution < -0.4 is 10.6 Å². The van der Waals surface area contributed by atoms with Gasteiger partial charge in [-0.05, 0) is 18.6 Å². The highest BCUT2D eigenvalue weighted by Gasteiger charge is 2.05. The van der Waals surface area contributed by atoms with E-state index in [4.69, 9.17) is 11.0 Å². The SMILES string of the molecule is Cc1cc(N)cnc1N(C)CCC#N. The molecular weight excluding hydrogens is 176 g/mol. The van der Waals surface area contributed by atoms with Gasteiger partial charge in [-0.15, -0.1) is 0 Å². The molecule has 14 heavy (non-hydrogen) atoms. The maximum Gasteiger partial charge on any atom is 0.131 e. The van der Waals surface area contributed by atoms with Gasteiger partial charge < -0.3 is 10.6 Å². The third-order valence-electron chi connectivity index (χ3n) is 1.99. The van der Waals surface area contributed by atoms with Crippen LogP contribution in [0.1, 0.15) is 12.0 Å². The fourth-order valence-electron chi connectivity index (χ4n) is 1.31. The number of aromatic nitrogens is 1. The standard InChI is InChI=1S/C10H14N4/c1-8-6-9(12)7-13-10(8)14(2)5-3-4-11/h6-7H,3,5,12H2,1-2H3. The number of rotatable bonds is 3. The number of nitrogen functional groups attached to an aromatic ring is 1. The third-order valence-corrected chi connectivity index (χ3v) is 1.99. The van der Waals surface area contributed by atoms with Crippen molar-refractivity contribution in [1.82, 2.24) is 4.98 Å². The van der Waals surface area contributed by atoms with E-state index < -0.39 is 0 Å². The maximum atomic E-state index is 8.46. The predicted octanol–water partition coefficient (Wildman–Crippen LogP) is 1.32. The van der Waals surface area contributed by atoms with Crippen molar-refractivity contribution in [3.05, 3.63) is 17.8 Å². The van der Waals surface area contributed by atoms with Crippen LogP contribution in [-0.2, 0) is 0 Å². The van der Waals surface area contributed by atoms with Gasteiger partial charge in [0.05, 0.1) is 24.4 Å². The van der Waals surface area contributed by atoms with Gasteiger partial charge in [0.25, 0.3) is 0 Å². The lowest BCUT2D eigenvalue weighted by Crippen LogP contribution is -2.20. The molecule has 0 radical (unpaired) electrons. The number of pyridine rings is 1. The molecule has 1 heterocycles. The van der Waals surface area contributed by atoms with Crippen LogP contribution >= 0.6 is 0 Å². The Balaban J connectivity index is 2.80. The van der Waals surface area contributed by atoms with E-state index in [0.717, 1.165) is 11.4 Å². The van der Waals surface area contributed by atoms with Crippen LogP contribution in [0.3, 0.4) is 0 Å². The first kappa shape index (κ1) is 10.3. The number of nitrogens with zero attached hydrogens (tertiary/aromatic N) is 3. The Hall–Kier alpha value is -1.76. The Kier molecular flexibility index (Phi) is 3.29. The van der Waals surface area contributed by atoms with E-state index in [2.05, 4.69) is 11.1 Å². The second-order valence-corrected chi connectivity index (χ2v) is 3.24. The monoisotopic (exact) mass is 190 g/mol. The van der Waals surface area contributed by atoms with Gasteiger partial charge in [-0.3, -0.25) is 0 Å². The second kappa shape index (κ2) is 4.47. The number of hydrogen-bond acceptors (Lipinski definition) is 4. The molecule has 0 spiro atoms. The van der Waals surface area contributed by atoms with E-state index >= 15 is 0 Å². The smallest absolute Gasteiger partial charge is 0.131 e. The first-order chi connectivity index (χ1) is 6.65. The van der Waals surface area contributed by atoms with Crippen molar-refractivity contribution >= 4 is 11.5 Å². The van der Waals surface area contributed by atoms with Crippen molar-refractivity contribution in [2.24, 2.45) is 0 Å². The van der Waals surface area contributed by atoms with E-state index in [-0.39, 0.29) is 0 Å². The molecule has 0 fully saturated rings. The van der Waals surface area contributed by atoms with Crippen LogP contribution in [0.25, 0.3) is 0 Å². The highest BCUT2D eigenvalue weighted by molar-refractivity contribution is 5.52. The predicted molar refractivity (Wildman–Crippen MR) is 56.9 cm³/mol. The summed E-state index contributed by atoms with van der Waals surface area (Å²) in [5.74, 6) is 0.884. The minimum atomic E-state index is 0.502. The van der Waals surface area contributed by atoms with Gasteiger partial charge in [-0.2, -0.15) is 5.26 Å². The van der Waals surface area contributed by atoms with Crippen molar-refractivity contribution in [3.8, 4) is 6.07 Å². The van der Waals surface area contributed by atoms with E-state index in [1.54, 1.807) is 6.20 Å². The molecule has 0 saturated heterocycles. The molecule has 1 rings (SSSR count). The van der Waals surface area contributed by atoms with Crippen LogP contribution in [0, 0.1) is 18.3 Å². The molecule has 1 aromatic rings. The van der Waals surface area contributed by atoms with Gasteiger partial charge in [-0.25, -0.2) is 4.98 Å². The van der Waals surface area contributed by atoms with Gasteiger partial charge in [0, 0.05) is 13.6 Å². The summed E-state index contributed by atoms with van der Waals surface area (Å²) in [5.41, 5.74) is 7.29. The number of anilines is 2. The summed E-state index contributed by atoms with van der Waals surface area (Å²) in [5, 5.41) is 8.46. The zero-order valence-electron chi connectivity index (χ0n) is 8.49. The van der Waals surface area contributed by atoms with Crippen molar-refractivity contribution in [2.75, 3.05) is 24.2 Å². The summed E-state index contributed by atoms with van der Waals surface area (Å²) in [7, 11) is 1.92. The van der Waals surface area contributed by atoms with Gasteiger partial charge in [0.2, 0.25) is 0 Å². The van der Waals surface area contributed by atoms with Crippen molar-refractivity contribution in [1.29, 1.82) is 5.26 Å². The molecule has 0 aliphatic rings. The lowest BCUT2D eigenvalue weighted by Gasteiger charge is -2.18. The zero-order chi connectivity index (χ0) is 10.6. The average molecular weight is 190 g/mol. The van der Waals surface area contributed by atoms with Gasteiger partial charge in [-0.1, -0.05) is 0 Å². The minimum Gasteiger partial charge on any atom is -0.397 e. The Morgan fingerprint density at radius 3 is 2.93 bits per heavy atom. The summed E-state index contributed by atoms with van der Waals surface area (Å²) >= 11 is 0. The summed E-state index contributed by atoms with van der Waals surface area (Å²) in [6.45, 7) is 2.65. The zero-order valence-corrected chi connectivity index (χ0v) is 8.49. The number of aryl methyl sites for hydroxylation is 1. The third kappa shape index (κ3) is 2.36. The van der Waals surface area contributed by atoms with Crippen LogP contribution in [0.2, 0.25) is 0 Å². The molecule has 0 aliphatic carbocycles. The molecule has 4 heteroatoms. The molecule has 0 aromatic carbocycles. The Labute approximate surface area is 84.0 Å². The molecule has 0 saturated carbocycles. The highest BCUT2D eigenvalue weighted by Crippen LogP contribution is 2.17. The minimum absolute atomic E-state index is 0.502. The van der Waals surface area contributed by atoms with Crippen molar-refractivity contribution in [3.63, 3.8) is 0 Å². The molecule has 0 unspecified atom stereocenters. The maximum absolute atomic E-state index is 8.46. The Bertz CT molecular complexity index is 354. The lowest BCUT2D eigenvalue weighted by atomic mass is 10.2. The topological polar surface area (TPSA) is 65.9 Å². The van der Waals surface area contributed by atoms with E-state index in [9.17, 15) is 0 Å². The first-order valence-electron chi connectivity index (χ1n) is 4.45. The number of nitriles is 1. The van der Waals surface area contributed by atoms with Crippen LogP contribution in [-0.4, -0.2) is 18.6 Å². The van der Waals surface area contributed by atoms with E-state index in [0.29, 0.717) is 18.7 Å². The fraction of sp³-hybridized carbons (Fsp3) is 0.400. The van der Waals surface area contributed by atoms with Crippen molar-refractivity contribution < 1.29 is 0 Å². The fourth-order valence-corrected chi connectivity index (χ4v) is 1.31. The summed E-state index contributed by atoms with van der Waals surface area (Å²) in [4.78, 5) is 6.18. The molecule has 0 amide bonds. The summed E-state index contributed by atoms with van der Waals surface area (Å²) < 4.78 is 0. The average Bonchev–Trinajstić information content (AvgIpc) is 2.14. The van der Waals surface area contributed by atoms with E-state index in [1.165, 1.54) is 0 Å². The molecular formula is C10H14N4. The molecule has 1 aromatic heterocycles. The Morgan fingerprint density at radius 2 is 2.36 bits per heavy atom. The number of nitrogens with two attached hydrogens (primary N) is 1. The number of hydrogen-bond donors (Lipinski definition) is 1. The van der Waals surface area contributed by atoms with Crippen LogP contribution in [0.4, 0.5) is 11.5 Å². The second-order valence-electron chi connectivity index (χ2n) is 3.24. The molecule has 0 atom stereocenters. The van der Waals surface area contributed by atoms with Gasteiger partial charge >= 0.3 is 0 Å². The van der Waals surface area contributed by atoms with Gasteiger partial charge in [0.15, 0.2) is 0 Å². The molecule has 2 N–H and O–H groups in total. The largest absolute Gasteiger partial charge is 0.397 e. The first-order valence-corrected chi connectivity index (χ1v) is 4.45.